The van der Waals surface area contributed by atoms with Gasteiger partial charge in [-0.1, -0.05) is 30.3 Å². The Labute approximate surface area is 188 Å². The first-order chi connectivity index (χ1) is 15.5. The zero-order chi connectivity index (χ0) is 22.1. The van der Waals surface area contributed by atoms with Crippen LogP contribution in [0, 0.1) is 12.8 Å². The number of aromatic nitrogens is 3. The largest absolute Gasteiger partial charge is 0.396 e. The molecular formula is C25H31N5O2. The molecule has 1 aromatic carbocycles. The molecule has 4 fully saturated rings. The highest BCUT2D eigenvalue weighted by molar-refractivity contribution is 5.58. The zero-order valence-corrected chi connectivity index (χ0v) is 19.0. The van der Waals surface area contributed by atoms with Gasteiger partial charge in [-0.25, -0.2) is 9.50 Å². The van der Waals surface area contributed by atoms with Gasteiger partial charge in [0.1, 0.15) is 5.60 Å². The maximum atomic E-state index is 10.2. The van der Waals surface area contributed by atoms with Gasteiger partial charge in [0.05, 0.1) is 30.6 Å². The van der Waals surface area contributed by atoms with Gasteiger partial charge in [-0.15, -0.1) is 5.10 Å². The van der Waals surface area contributed by atoms with Crippen LogP contribution in [0.3, 0.4) is 0 Å². The molecule has 4 aliphatic rings. The Morgan fingerprint density at radius 1 is 1.25 bits per heavy atom. The number of hydrogen-bond donors (Lipinski definition) is 1. The van der Waals surface area contributed by atoms with Crippen molar-refractivity contribution in [2.24, 2.45) is 5.92 Å². The summed E-state index contributed by atoms with van der Waals surface area (Å²) >= 11 is 0. The van der Waals surface area contributed by atoms with Gasteiger partial charge in [0.25, 0.3) is 0 Å². The van der Waals surface area contributed by atoms with E-state index < -0.39 is 5.60 Å². The SMILES string of the molecule is Cc1cc(N2CCC(c3ccccc3)C2)cn2nc(C34CC(N(C)C)(CO3)C4CO)nc12. The highest BCUT2D eigenvalue weighted by Gasteiger charge is 2.73. The first kappa shape index (κ1) is 20.1. The molecule has 4 atom stereocenters. The smallest absolute Gasteiger partial charge is 0.184 e. The van der Waals surface area contributed by atoms with Crippen LogP contribution in [0.5, 0.6) is 0 Å². The molecule has 1 aliphatic carbocycles. The molecule has 168 valence electrons. The lowest BCUT2D eigenvalue weighted by atomic mass is 9.58. The van der Waals surface area contributed by atoms with E-state index in [0.717, 1.165) is 37.1 Å². The van der Waals surface area contributed by atoms with Gasteiger partial charge >= 0.3 is 0 Å². The molecule has 7 rings (SSSR count). The molecule has 1 N–H and O–H groups in total. The van der Waals surface area contributed by atoms with E-state index >= 15 is 0 Å². The number of anilines is 1. The summed E-state index contributed by atoms with van der Waals surface area (Å²) in [5.74, 6) is 1.26. The number of aliphatic hydroxyl groups excluding tert-OH is 1. The third-order valence-electron chi connectivity index (χ3n) is 8.24. The standard InChI is InChI=1S/C25H31N5O2/c1-17-11-20(29-10-9-19(12-29)18-7-5-4-6-8-18)13-30-22(17)26-23(27-30)25-15-24(16-32-25,28(2)3)21(25)14-31/h4-8,11,13,19,21,31H,9-10,12,14-16H2,1-3H3. The minimum absolute atomic E-state index is 0.00704. The predicted octanol–water partition coefficient (Wildman–Crippen LogP) is 2.57. The maximum Gasteiger partial charge on any atom is 0.184 e. The molecule has 3 aliphatic heterocycles. The molecule has 4 unspecified atom stereocenters. The number of hydrogen-bond acceptors (Lipinski definition) is 6. The number of aryl methyl sites for hydroxylation is 1. The van der Waals surface area contributed by atoms with Gasteiger partial charge in [0, 0.05) is 31.3 Å². The van der Waals surface area contributed by atoms with Crippen molar-refractivity contribution >= 4 is 11.3 Å². The minimum atomic E-state index is -0.580. The highest BCUT2D eigenvalue weighted by atomic mass is 16.5. The molecular weight excluding hydrogens is 402 g/mol. The zero-order valence-electron chi connectivity index (χ0n) is 19.0. The van der Waals surface area contributed by atoms with Crippen LogP contribution >= 0.6 is 0 Å². The van der Waals surface area contributed by atoms with Crippen LogP contribution in [-0.4, -0.2) is 70.5 Å². The molecule has 0 amide bonds. The van der Waals surface area contributed by atoms with Crippen molar-refractivity contribution in [2.75, 3.05) is 45.3 Å². The predicted molar refractivity (Wildman–Crippen MR) is 123 cm³/mol. The molecule has 3 aromatic rings. The Bertz CT molecular complexity index is 1160. The van der Waals surface area contributed by atoms with E-state index in [9.17, 15) is 5.11 Å². The summed E-state index contributed by atoms with van der Waals surface area (Å²) in [6, 6.07) is 13.0. The number of rotatable bonds is 5. The summed E-state index contributed by atoms with van der Waals surface area (Å²) in [4.78, 5) is 9.54. The second-order valence-corrected chi connectivity index (χ2v) is 10.0. The second-order valence-electron chi connectivity index (χ2n) is 10.0. The maximum absolute atomic E-state index is 10.2. The summed E-state index contributed by atoms with van der Waals surface area (Å²) in [7, 11) is 4.13. The normalized spacial score (nSPS) is 31.6. The van der Waals surface area contributed by atoms with Crippen LogP contribution in [0.15, 0.2) is 42.6 Å². The number of ether oxygens (including phenoxy) is 1. The van der Waals surface area contributed by atoms with Gasteiger partial charge in [0.15, 0.2) is 11.5 Å². The lowest BCUT2D eigenvalue weighted by molar-refractivity contribution is -0.121. The average Bonchev–Trinajstić information content (AvgIpc) is 3.55. The monoisotopic (exact) mass is 433 g/mol. The van der Waals surface area contributed by atoms with Gasteiger partial charge < -0.3 is 19.6 Å². The van der Waals surface area contributed by atoms with Crippen LogP contribution in [-0.2, 0) is 10.3 Å². The fraction of sp³-hybridized carbons (Fsp3) is 0.520. The lowest BCUT2D eigenvalue weighted by Crippen LogP contribution is -2.65. The number of aliphatic hydroxyl groups is 1. The molecule has 1 saturated carbocycles. The van der Waals surface area contributed by atoms with Crippen molar-refractivity contribution < 1.29 is 9.84 Å². The topological polar surface area (TPSA) is 66.1 Å². The van der Waals surface area contributed by atoms with E-state index in [1.54, 1.807) is 0 Å². The highest BCUT2D eigenvalue weighted by Crippen LogP contribution is 2.63. The first-order valence-corrected chi connectivity index (χ1v) is 11.6. The molecule has 5 heterocycles. The van der Waals surface area contributed by atoms with Gasteiger partial charge in [-0.3, -0.25) is 0 Å². The van der Waals surface area contributed by atoms with Crippen LogP contribution in [0.4, 0.5) is 5.69 Å². The van der Waals surface area contributed by atoms with Crippen molar-refractivity contribution in [1.29, 1.82) is 0 Å². The number of likely N-dealkylation sites (N-methyl/N-ethyl adjacent to an activating group) is 1. The molecule has 0 radical (unpaired) electrons. The Balaban J connectivity index is 1.31. The van der Waals surface area contributed by atoms with Crippen LogP contribution in [0.25, 0.3) is 5.65 Å². The molecule has 0 spiro atoms. The molecule has 3 saturated heterocycles. The Hall–Kier alpha value is -2.48. The van der Waals surface area contributed by atoms with E-state index in [1.807, 2.05) is 4.52 Å². The van der Waals surface area contributed by atoms with E-state index in [4.69, 9.17) is 14.8 Å². The van der Waals surface area contributed by atoms with Gasteiger partial charge in [-0.2, -0.15) is 0 Å². The van der Waals surface area contributed by atoms with Crippen molar-refractivity contribution in [3.8, 4) is 0 Å². The van der Waals surface area contributed by atoms with Gasteiger partial charge in [-0.05, 0) is 44.6 Å². The summed E-state index contributed by atoms with van der Waals surface area (Å²) in [5.41, 5.74) is 3.88. The lowest BCUT2D eigenvalue weighted by Gasteiger charge is -2.53. The minimum Gasteiger partial charge on any atom is -0.396 e. The summed E-state index contributed by atoms with van der Waals surface area (Å²) in [5, 5.41) is 15.1. The van der Waals surface area contributed by atoms with Crippen molar-refractivity contribution in [1.82, 2.24) is 19.5 Å². The number of pyridine rings is 1. The second kappa shape index (κ2) is 7.01. The Kier molecular flexibility index (Phi) is 4.41. The fourth-order valence-corrected chi connectivity index (χ4v) is 6.25. The fourth-order valence-electron chi connectivity index (χ4n) is 6.25. The van der Waals surface area contributed by atoms with Crippen LogP contribution in [0.2, 0.25) is 0 Å². The Morgan fingerprint density at radius 3 is 2.81 bits per heavy atom. The molecule has 2 bridgehead atoms. The van der Waals surface area contributed by atoms with Crippen LogP contribution in [0.1, 0.15) is 35.7 Å². The van der Waals surface area contributed by atoms with E-state index in [-0.39, 0.29) is 18.1 Å². The van der Waals surface area contributed by atoms with Crippen molar-refractivity contribution in [3.05, 3.63) is 59.5 Å². The van der Waals surface area contributed by atoms with E-state index in [0.29, 0.717) is 18.3 Å². The van der Waals surface area contributed by atoms with E-state index in [2.05, 4.69) is 73.4 Å². The van der Waals surface area contributed by atoms with Crippen molar-refractivity contribution in [2.45, 2.75) is 36.8 Å². The molecule has 7 nitrogen and oxygen atoms in total. The summed E-state index contributed by atoms with van der Waals surface area (Å²) < 4.78 is 8.19. The van der Waals surface area contributed by atoms with Crippen molar-refractivity contribution in [3.63, 3.8) is 0 Å². The summed E-state index contributed by atoms with van der Waals surface area (Å²) in [6.45, 7) is 4.84. The Morgan fingerprint density at radius 2 is 2.06 bits per heavy atom. The van der Waals surface area contributed by atoms with Crippen LogP contribution < -0.4 is 4.90 Å². The molecule has 32 heavy (non-hydrogen) atoms. The van der Waals surface area contributed by atoms with E-state index in [1.165, 1.54) is 11.3 Å². The molecule has 7 heteroatoms. The number of nitrogens with zero attached hydrogens (tertiary/aromatic N) is 5. The third kappa shape index (κ3) is 2.65. The quantitative estimate of drug-likeness (QED) is 0.667. The average molecular weight is 434 g/mol. The third-order valence-corrected chi connectivity index (χ3v) is 8.24. The summed E-state index contributed by atoms with van der Waals surface area (Å²) in [6.07, 6.45) is 4.08. The molecule has 2 aromatic heterocycles. The number of benzene rings is 1. The number of fused-ring (bicyclic) bond motifs is 2. The van der Waals surface area contributed by atoms with Gasteiger partial charge in [0.2, 0.25) is 0 Å². The first-order valence-electron chi connectivity index (χ1n) is 11.6.